The van der Waals surface area contributed by atoms with Gasteiger partial charge < -0.3 is 14.4 Å². The number of rotatable bonds is 2. The van der Waals surface area contributed by atoms with Gasteiger partial charge in [0.15, 0.2) is 5.76 Å². The van der Waals surface area contributed by atoms with Crippen LogP contribution in [-0.2, 0) is 4.79 Å². The van der Waals surface area contributed by atoms with Gasteiger partial charge in [-0.2, -0.15) is 0 Å². The first-order valence-corrected chi connectivity index (χ1v) is 7.61. The maximum atomic E-state index is 12.7. The normalized spacial score (nSPS) is 27.3. The summed E-state index contributed by atoms with van der Waals surface area (Å²) in [7, 11) is 0. The molecule has 1 aliphatic heterocycles. The number of carbonyl (C=O) groups is 2. The molecule has 114 valence electrons. The lowest BCUT2D eigenvalue weighted by atomic mass is 9.81. The fourth-order valence-corrected chi connectivity index (χ4v) is 4.04. The monoisotopic (exact) mass is 299 g/mol. The smallest absolute Gasteiger partial charge is 0.311 e. The van der Waals surface area contributed by atoms with Crippen LogP contribution in [0.5, 0.6) is 0 Å². The van der Waals surface area contributed by atoms with Crippen LogP contribution in [-0.4, -0.2) is 35.0 Å². The van der Waals surface area contributed by atoms with Gasteiger partial charge in [-0.15, -0.1) is 0 Å². The third-order valence-corrected chi connectivity index (χ3v) is 5.22. The highest BCUT2D eigenvalue weighted by Gasteiger charge is 2.56. The lowest BCUT2D eigenvalue weighted by Crippen LogP contribution is -2.37. The number of para-hydroxylation sites is 1. The number of fused-ring (bicyclic) bond motifs is 2. The SMILES string of the molecule is O=C(c1cc2ccccc2o1)N1C[C@@H]2CCC[C@@]2(C(=O)O)C1. The molecule has 1 amide bonds. The van der Waals surface area contributed by atoms with Crippen molar-refractivity contribution in [2.75, 3.05) is 13.1 Å². The third-order valence-electron chi connectivity index (χ3n) is 5.22. The molecule has 0 spiro atoms. The predicted octanol–water partition coefficient (Wildman–Crippen LogP) is 2.76. The number of aliphatic carboxylic acids is 1. The highest BCUT2D eigenvalue weighted by molar-refractivity contribution is 5.96. The van der Waals surface area contributed by atoms with Crippen LogP contribution in [0, 0.1) is 11.3 Å². The van der Waals surface area contributed by atoms with Gasteiger partial charge >= 0.3 is 5.97 Å². The fraction of sp³-hybridized carbons (Fsp3) is 0.412. The number of carbonyl (C=O) groups excluding carboxylic acids is 1. The number of amides is 1. The van der Waals surface area contributed by atoms with E-state index in [-0.39, 0.29) is 11.8 Å². The molecule has 1 aromatic carbocycles. The molecule has 2 aromatic rings. The molecule has 1 saturated carbocycles. The van der Waals surface area contributed by atoms with Crippen molar-refractivity contribution < 1.29 is 19.1 Å². The fourth-order valence-electron chi connectivity index (χ4n) is 4.04. The van der Waals surface area contributed by atoms with E-state index >= 15 is 0 Å². The summed E-state index contributed by atoms with van der Waals surface area (Å²) in [6.07, 6.45) is 2.48. The van der Waals surface area contributed by atoms with Crippen LogP contribution in [0.3, 0.4) is 0 Å². The molecule has 1 N–H and O–H groups in total. The lowest BCUT2D eigenvalue weighted by Gasteiger charge is -2.22. The average molecular weight is 299 g/mol. The second kappa shape index (κ2) is 4.60. The van der Waals surface area contributed by atoms with Crippen LogP contribution in [0.15, 0.2) is 34.7 Å². The molecule has 5 heteroatoms. The Morgan fingerprint density at radius 2 is 2.14 bits per heavy atom. The van der Waals surface area contributed by atoms with Gasteiger partial charge in [0, 0.05) is 18.5 Å². The summed E-state index contributed by atoms with van der Waals surface area (Å²) in [5.74, 6) is -0.610. The van der Waals surface area contributed by atoms with Crippen molar-refractivity contribution in [3.63, 3.8) is 0 Å². The number of benzene rings is 1. The first kappa shape index (κ1) is 13.4. The van der Waals surface area contributed by atoms with Gasteiger partial charge in [0.2, 0.25) is 0 Å². The predicted molar refractivity (Wildman–Crippen MR) is 79.5 cm³/mol. The standard InChI is InChI=1S/C17H17NO4/c19-15(14-8-11-4-1-2-6-13(11)22-14)18-9-12-5-3-7-17(12,10-18)16(20)21/h1-2,4,6,8,12H,3,5,7,9-10H2,(H,20,21)/t12-,17+/m0/s1. The Hall–Kier alpha value is -2.30. The molecule has 1 aliphatic carbocycles. The van der Waals surface area contributed by atoms with E-state index in [1.54, 1.807) is 11.0 Å². The Balaban J connectivity index is 1.63. The topological polar surface area (TPSA) is 70.8 Å². The summed E-state index contributed by atoms with van der Waals surface area (Å²) in [4.78, 5) is 26.0. The van der Waals surface area contributed by atoms with Gasteiger partial charge in [-0.1, -0.05) is 24.6 Å². The molecule has 5 nitrogen and oxygen atoms in total. The quantitative estimate of drug-likeness (QED) is 0.925. The van der Waals surface area contributed by atoms with E-state index in [0.29, 0.717) is 30.9 Å². The van der Waals surface area contributed by atoms with Crippen LogP contribution in [0.2, 0.25) is 0 Å². The molecule has 1 saturated heterocycles. The number of nitrogens with zero attached hydrogens (tertiary/aromatic N) is 1. The maximum absolute atomic E-state index is 12.7. The van der Waals surface area contributed by atoms with E-state index in [1.807, 2.05) is 24.3 Å². The van der Waals surface area contributed by atoms with Gasteiger partial charge in [-0.05, 0) is 30.9 Å². The van der Waals surface area contributed by atoms with E-state index in [9.17, 15) is 14.7 Å². The van der Waals surface area contributed by atoms with Gasteiger partial charge in [0.1, 0.15) is 5.58 Å². The first-order chi connectivity index (χ1) is 10.6. The molecule has 1 aromatic heterocycles. The molecule has 0 unspecified atom stereocenters. The van der Waals surface area contributed by atoms with Crippen LogP contribution < -0.4 is 0 Å². The van der Waals surface area contributed by atoms with Crippen molar-refractivity contribution in [2.24, 2.45) is 11.3 Å². The van der Waals surface area contributed by atoms with E-state index in [1.165, 1.54) is 0 Å². The van der Waals surface area contributed by atoms with E-state index in [4.69, 9.17) is 4.42 Å². The summed E-state index contributed by atoms with van der Waals surface area (Å²) in [5.41, 5.74) is -0.0695. The minimum Gasteiger partial charge on any atom is -0.481 e. The molecule has 4 rings (SSSR count). The second-order valence-corrected chi connectivity index (χ2v) is 6.38. The lowest BCUT2D eigenvalue weighted by molar-refractivity contribution is -0.149. The zero-order valence-electron chi connectivity index (χ0n) is 12.1. The molecular weight excluding hydrogens is 282 g/mol. The molecule has 2 aliphatic rings. The largest absolute Gasteiger partial charge is 0.481 e. The Morgan fingerprint density at radius 3 is 2.86 bits per heavy atom. The Morgan fingerprint density at radius 1 is 1.32 bits per heavy atom. The minimum atomic E-state index is -0.769. The maximum Gasteiger partial charge on any atom is 0.311 e. The van der Waals surface area contributed by atoms with Gasteiger partial charge in [0.05, 0.1) is 5.41 Å². The van der Waals surface area contributed by atoms with Crippen LogP contribution in [0.4, 0.5) is 0 Å². The number of carboxylic acids is 1. The van der Waals surface area contributed by atoms with Crippen molar-refractivity contribution in [1.29, 1.82) is 0 Å². The summed E-state index contributed by atoms with van der Waals surface area (Å²) in [6, 6.07) is 9.21. The summed E-state index contributed by atoms with van der Waals surface area (Å²) >= 11 is 0. The van der Waals surface area contributed by atoms with Crippen LogP contribution >= 0.6 is 0 Å². The molecular formula is C17H17NO4. The second-order valence-electron chi connectivity index (χ2n) is 6.38. The Labute approximate surface area is 127 Å². The summed E-state index contributed by atoms with van der Waals surface area (Å²) in [5, 5.41) is 10.5. The van der Waals surface area contributed by atoms with Gasteiger partial charge in [-0.3, -0.25) is 9.59 Å². The molecule has 2 fully saturated rings. The van der Waals surface area contributed by atoms with Crippen molar-refractivity contribution in [2.45, 2.75) is 19.3 Å². The molecule has 22 heavy (non-hydrogen) atoms. The molecule has 0 bridgehead atoms. The number of hydrogen-bond donors (Lipinski definition) is 1. The van der Waals surface area contributed by atoms with Gasteiger partial charge in [-0.25, -0.2) is 0 Å². The third kappa shape index (κ3) is 1.78. The Kier molecular flexibility index (Phi) is 2.79. The number of hydrogen-bond acceptors (Lipinski definition) is 3. The molecule has 2 heterocycles. The molecule has 0 radical (unpaired) electrons. The molecule has 2 atom stereocenters. The van der Waals surface area contributed by atoms with Crippen molar-refractivity contribution in [3.8, 4) is 0 Å². The Bertz CT molecular complexity index is 732. The van der Waals surface area contributed by atoms with Crippen LogP contribution in [0.1, 0.15) is 29.8 Å². The van der Waals surface area contributed by atoms with E-state index < -0.39 is 11.4 Å². The number of likely N-dealkylation sites (tertiary alicyclic amines) is 1. The first-order valence-electron chi connectivity index (χ1n) is 7.61. The minimum absolute atomic E-state index is 0.0679. The van der Waals surface area contributed by atoms with E-state index in [2.05, 4.69) is 0 Å². The van der Waals surface area contributed by atoms with Crippen molar-refractivity contribution in [1.82, 2.24) is 4.90 Å². The van der Waals surface area contributed by atoms with Gasteiger partial charge in [0.25, 0.3) is 5.91 Å². The number of furan rings is 1. The van der Waals surface area contributed by atoms with Crippen molar-refractivity contribution >= 4 is 22.8 Å². The number of carboxylic acid groups (broad SMARTS) is 1. The van der Waals surface area contributed by atoms with E-state index in [0.717, 1.165) is 18.2 Å². The average Bonchev–Trinajstić information content (AvgIpc) is 3.17. The highest BCUT2D eigenvalue weighted by Crippen LogP contribution is 2.49. The zero-order valence-corrected chi connectivity index (χ0v) is 12.1. The zero-order chi connectivity index (χ0) is 15.3. The van der Waals surface area contributed by atoms with Crippen LogP contribution in [0.25, 0.3) is 11.0 Å². The highest BCUT2D eigenvalue weighted by atomic mass is 16.4. The summed E-state index contributed by atoms with van der Waals surface area (Å²) in [6.45, 7) is 0.811. The van der Waals surface area contributed by atoms with Crippen molar-refractivity contribution in [3.05, 3.63) is 36.1 Å². The summed E-state index contributed by atoms with van der Waals surface area (Å²) < 4.78 is 5.62.